The molecular weight excluding hydrogens is 318 g/mol. The normalized spacial score (nSPS) is 18.5. The lowest BCUT2D eigenvalue weighted by atomic mass is 10.0. The number of aromatic amines is 1. The van der Waals surface area contributed by atoms with E-state index >= 15 is 0 Å². The lowest BCUT2D eigenvalue weighted by molar-refractivity contribution is 0.239. The van der Waals surface area contributed by atoms with Gasteiger partial charge >= 0.3 is 0 Å². The molecule has 3 heteroatoms. The number of nitrogens with one attached hydrogen (secondary N) is 1. The van der Waals surface area contributed by atoms with E-state index in [0.29, 0.717) is 0 Å². The second-order valence-electron chi connectivity index (χ2n) is 7.88. The first-order valence-electron chi connectivity index (χ1n) is 9.97. The van der Waals surface area contributed by atoms with Crippen molar-refractivity contribution in [2.24, 2.45) is 5.92 Å². The number of rotatable bonds is 4. The minimum absolute atomic E-state index is 0.846. The summed E-state index contributed by atoms with van der Waals surface area (Å²) < 4.78 is 0. The molecule has 3 nitrogen and oxygen atoms in total. The van der Waals surface area contributed by atoms with Gasteiger partial charge in [-0.15, -0.1) is 0 Å². The Morgan fingerprint density at radius 1 is 0.846 bits per heavy atom. The van der Waals surface area contributed by atoms with Crippen LogP contribution in [0.4, 0.5) is 5.69 Å². The van der Waals surface area contributed by atoms with Gasteiger partial charge in [-0.25, -0.2) is 0 Å². The summed E-state index contributed by atoms with van der Waals surface area (Å²) in [4.78, 5) is 8.55. The maximum atomic E-state index is 3.33. The first kappa shape index (κ1) is 16.0. The number of aromatic nitrogens is 1. The molecule has 0 atom stereocenters. The second-order valence-corrected chi connectivity index (χ2v) is 7.88. The summed E-state index contributed by atoms with van der Waals surface area (Å²) in [5.41, 5.74) is 5.80. The van der Waals surface area contributed by atoms with Gasteiger partial charge in [-0.05, 0) is 61.1 Å². The largest absolute Gasteiger partial charge is 0.368 e. The first-order chi connectivity index (χ1) is 12.9. The summed E-state index contributed by atoms with van der Waals surface area (Å²) in [6.45, 7) is 5.88. The average molecular weight is 345 g/mol. The third-order valence-corrected chi connectivity index (χ3v) is 6.27. The van der Waals surface area contributed by atoms with E-state index in [9.17, 15) is 0 Å². The number of piperazine rings is 1. The molecule has 2 aliphatic rings. The van der Waals surface area contributed by atoms with Gasteiger partial charge in [0.05, 0.1) is 0 Å². The van der Waals surface area contributed by atoms with Crippen molar-refractivity contribution in [2.45, 2.75) is 19.3 Å². The fourth-order valence-electron chi connectivity index (χ4n) is 4.78. The van der Waals surface area contributed by atoms with E-state index in [-0.39, 0.29) is 0 Å². The van der Waals surface area contributed by atoms with Crippen molar-refractivity contribution in [1.82, 2.24) is 9.88 Å². The van der Waals surface area contributed by atoms with E-state index in [2.05, 4.69) is 63.3 Å². The van der Waals surface area contributed by atoms with Crippen molar-refractivity contribution in [3.05, 3.63) is 65.9 Å². The van der Waals surface area contributed by atoms with E-state index in [0.717, 1.165) is 19.0 Å². The van der Waals surface area contributed by atoms with Gasteiger partial charge in [-0.3, -0.25) is 4.90 Å². The van der Waals surface area contributed by atoms with Crippen LogP contribution in [-0.4, -0.2) is 42.6 Å². The van der Waals surface area contributed by atoms with E-state index < -0.39 is 0 Å². The fourth-order valence-corrected chi connectivity index (χ4v) is 4.78. The zero-order valence-corrected chi connectivity index (χ0v) is 15.3. The van der Waals surface area contributed by atoms with Gasteiger partial charge in [-0.1, -0.05) is 30.3 Å². The maximum absolute atomic E-state index is 3.33. The minimum Gasteiger partial charge on any atom is -0.368 e. The molecule has 0 radical (unpaired) electrons. The van der Waals surface area contributed by atoms with Crippen molar-refractivity contribution >= 4 is 16.6 Å². The number of fused-ring (bicyclic) bond motifs is 2. The van der Waals surface area contributed by atoms with Crippen LogP contribution in [0, 0.1) is 5.92 Å². The molecule has 0 unspecified atom stereocenters. The quantitative estimate of drug-likeness (QED) is 0.769. The predicted octanol–water partition coefficient (Wildman–Crippen LogP) is 4.10. The molecule has 0 amide bonds. The molecule has 1 aliphatic heterocycles. The highest BCUT2D eigenvalue weighted by Crippen LogP contribution is 2.29. The molecule has 2 aromatic carbocycles. The van der Waals surface area contributed by atoms with Gasteiger partial charge in [-0.2, -0.15) is 0 Å². The third kappa shape index (κ3) is 3.01. The van der Waals surface area contributed by atoms with Gasteiger partial charge < -0.3 is 9.88 Å². The summed E-state index contributed by atoms with van der Waals surface area (Å²) in [7, 11) is 0. The van der Waals surface area contributed by atoms with Crippen LogP contribution in [0.5, 0.6) is 0 Å². The third-order valence-electron chi connectivity index (χ3n) is 6.27. The smallest absolute Gasteiger partial charge is 0.0474 e. The van der Waals surface area contributed by atoms with Crippen molar-refractivity contribution in [1.29, 1.82) is 0 Å². The zero-order valence-electron chi connectivity index (χ0n) is 15.3. The number of benzene rings is 2. The first-order valence-corrected chi connectivity index (χ1v) is 9.97. The molecular formula is C23H27N3. The summed E-state index contributed by atoms with van der Waals surface area (Å²) in [6.07, 6.45) is 5.95. The van der Waals surface area contributed by atoms with Crippen LogP contribution in [0.1, 0.15) is 17.5 Å². The van der Waals surface area contributed by atoms with Crippen LogP contribution < -0.4 is 4.90 Å². The average Bonchev–Trinajstić information content (AvgIpc) is 3.33. The second kappa shape index (κ2) is 6.81. The summed E-state index contributed by atoms with van der Waals surface area (Å²) in [5, 5.41) is 1.35. The number of hydrogen-bond acceptors (Lipinski definition) is 2. The number of anilines is 1. The van der Waals surface area contributed by atoms with Crippen LogP contribution in [-0.2, 0) is 12.8 Å². The van der Waals surface area contributed by atoms with Gasteiger partial charge in [0.25, 0.3) is 0 Å². The molecule has 1 fully saturated rings. The highest BCUT2D eigenvalue weighted by atomic mass is 15.3. The fraction of sp³-hybridized carbons (Fsp3) is 0.391. The Kier molecular flexibility index (Phi) is 4.18. The standard InChI is InChI=1S/C23H27N3/c1-2-5-20-17-18(16-19(20)4-1)9-11-25-12-14-26(15-13-25)23-7-3-6-22-21(23)8-10-24-22/h1-8,10,18,24H,9,11-17H2. The Morgan fingerprint density at radius 3 is 2.38 bits per heavy atom. The molecule has 0 spiro atoms. The van der Waals surface area contributed by atoms with Crippen molar-refractivity contribution < 1.29 is 0 Å². The minimum atomic E-state index is 0.846. The Hall–Kier alpha value is -2.26. The monoisotopic (exact) mass is 345 g/mol. The van der Waals surface area contributed by atoms with Crippen LogP contribution in [0.15, 0.2) is 54.7 Å². The number of hydrogen-bond donors (Lipinski definition) is 1. The Labute approximate surface area is 155 Å². The molecule has 1 N–H and O–H groups in total. The Morgan fingerprint density at radius 2 is 1.62 bits per heavy atom. The lowest BCUT2D eigenvalue weighted by Gasteiger charge is -2.36. The summed E-state index contributed by atoms with van der Waals surface area (Å²) >= 11 is 0. The molecule has 3 aromatic rings. The van der Waals surface area contributed by atoms with Crippen LogP contribution in [0.25, 0.3) is 10.9 Å². The van der Waals surface area contributed by atoms with Crippen molar-refractivity contribution in [3.8, 4) is 0 Å². The molecule has 2 heterocycles. The van der Waals surface area contributed by atoms with Crippen LogP contribution >= 0.6 is 0 Å². The molecule has 0 bridgehead atoms. The Bertz CT molecular complexity index is 864. The van der Waals surface area contributed by atoms with E-state index in [1.165, 1.54) is 55.5 Å². The topological polar surface area (TPSA) is 22.3 Å². The number of nitrogens with zero attached hydrogens (tertiary/aromatic N) is 2. The van der Waals surface area contributed by atoms with Crippen molar-refractivity contribution in [2.75, 3.05) is 37.6 Å². The highest BCUT2D eigenvalue weighted by Gasteiger charge is 2.23. The highest BCUT2D eigenvalue weighted by molar-refractivity contribution is 5.92. The van der Waals surface area contributed by atoms with Gasteiger partial charge in [0, 0.05) is 49.0 Å². The van der Waals surface area contributed by atoms with Gasteiger partial charge in [0.1, 0.15) is 0 Å². The van der Waals surface area contributed by atoms with Crippen LogP contribution in [0.2, 0.25) is 0 Å². The summed E-state index contributed by atoms with van der Waals surface area (Å²) in [5.74, 6) is 0.846. The van der Waals surface area contributed by atoms with Gasteiger partial charge in [0.2, 0.25) is 0 Å². The molecule has 26 heavy (non-hydrogen) atoms. The maximum Gasteiger partial charge on any atom is 0.0474 e. The van der Waals surface area contributed by atoms with Gasteiger partial charge in [0.15, 0.2) is 0 Å². The van der Waals surface area contributed by atoms with E-state index in [1.807, 2.05) is 6.20 Å². The molecule has 1 aromatic heterocycles. The molecule has 1 saturated heterocycles. The molecule has 134 valence electrons. The lowest BCUT2D eigenvalue weighted by Crippen LogP contribution is -2.47. The number of H-pyrrole nitrogens is 1. The van der Waals surface area contributed by atoms with E-state index in [4.69, 9.17) is 0 Å². The predicted molar refractivity (Wildman–Crippen MR) is 109 cm³/mol. The zero-order chi connectivity index (χ0) is 17.3. The molecule has 0 saturated carbocycles. The molecule has 5 rings (SSSR count). The van der Waals surface area contributed by atoms with E-state index in [1.54, 1.807) is 11.1 Å². The van der Waals surface area contributed by atoms with Crippen molar-refractivity contribution in [3.63, 3.8) is 0 Å². The van der Waals surface area contributed by atoms with Crippen LogP contribution in [0.3, 0.4) is 0 Å². The summed E-state index contributed by atoms with van der Waals surface area (Å²) in [6, 6.07) is 17.8. The SMILES string of the molecule is c1ccc2c(c1)CC(CCN1CCN(c3cccc4[nH]ccc34)CC1)C2. The Balaban J connectivity index is 1.15. The molecule has 1 aliphatic carbocycles.